The number of pyridine rings is 1. The second kappa shape index (κ2) is 21.8. The zero-order valence-electron chi connectivity index (χ0n) is 37.5. The number of fused-ring (bicyclic) bond motifs is 1. The van der Waals surface area contributed by atoms with Crippen LogP contribution >= 0.6 is 0 Å². The van der Waals surface area contributed by atoms with Crippen LogP contribution in [0.3, 0.4) is 0 Å². The molecule has 6 atom stereocenters. The first-order chi connectivity index (χ1) is 30.4. The Kier molecular flexibility index (Phi) is 17.0. The van der Waals surface area contributed by atoms with Gasteiger partial charge in [-0.15, -0.1) is 0 Å². The first-order valence-corrected chi connectivity index (χ1v) is 21.1. The summed E-state index contributed by atoms with van der Waals surface area (Å²) >= 11 is 0. The number of nitrogens with zero attached hydrogens (tertiary/aromatic N) is 3. The second-order valence-electron chi connectivity index (χ2n) is 17.9. The molecular weight excluding hydrogens is 853 g/mol. The smallest absolute Gasteiger partial charge is 0.325 e. The molecule has 352 valence electrons. The minimum Gasteiger partial charge on any atom is -0.481 e. The summed E-state index contributed by atoms with van der Waals surface area (Å²) in [6.45, 7) is 11.1. The van der Waals surface area contributed by atoms with Crippen molar-refractivity contribution in [1.29, 1.82) is 0 Å². The number of para-hydroxylation sites is 2. The average molecular weight is 910 g/mol. The van der Waals surface area contributed by atoms with Gasteiger partial charge in [0.25, 0.3) is 17.7 Å². The van der Waals surface area contributed by atoms with Crippen molar-refractivity contribution < 1.29 is 62.1 Å². The predicted molar refractivity (Wildman–Crippen MR) is 230 cm³/mol. The molecule has 1 aliphatic rings. The third-order valence-electron chi connectivity index (χ3n) is 10.8. The first-order valence-electron chi connectivity index (χ1n) is 21.1. The zero-order valence-corrected chi connectivity index (χ0v) is 37.5. The van der Waals surface area contributed by atoms with E-state index in [9.17, 15) is 57.4 Å². The minimum atomic E-state index is -1.77. The number of carbonyl (C=O) groups is 8. The van der Waals surface area contributed by atoms with Crippen LogP contribution in [0.4, 0.5) is 8.78 Å². The van der Waals surface area contributed by atoms with Crippen molar-refractivity contribution >= 4 is 58.3 Å². The summed E-state index contributed by atoms with van der Waals surface area (Å²) in [6, 6.07) is 7.32. The van der Waals surface area contributed by atoms with E-state index in [2.05, 4.69) is 26.4 Å². The lowest BCUT2D eigenvalue weighted by Crippen LogP contribution is -2.62. The number of hydrogen-bond donors (Lipinski definition) is 6. The first kappa shape index (κ1) is 50.9. The van der Waals surface area contributed by atoms with Gasteiger partial charge in [-0.2, -0.15) is 0 Å². The molecule has 1 unspecified atom stereocenters. The zero-order chi connectivity index (χ0) is 48.5. The van der Waals surface area contributed by atoms with Gasteiger partial charge in [0.15, 0.2) is 24.0 Å². The third kappa shape index (κ3) is 13.4. The van der Waals surface area contributed by atoms with E-state index in [-0.39, 0.29) is 18.7 Å². The molecule has 1 aliphatic heterocycles. The summed E-state index contributed by atoms with van der Waals surface area (Å²) in [5.74, 6) is -15.1. The van der Waals surface area contributed by atoms with Crippen LogP contribution in [-0.2, 0) is 33.6 Å². The Balaban J connectivity index is 1.57. The van der Waals surface area contributed by atoms with E-state index in [4.69, 9.17) is 4.74 Å². The Hall–Kier alpha value is -6.73. The highest BCUT2D eigenvalue weighted by molar-refractivity contribution is 6.00. The lowest BCUT2D eigenvalue weighted by Gasteiger charge is -2.35. The molecule has 0 aliphatic carbocycles. The van der Waals surface area contributed by atoms with E-state index in [1.54, 1.807) is 45.9 Å². The fourth-order valence-electron chi connectivity index (χ4n) is 7.50. The van der Waals surface area contributed by atoms with E-state index in [0.717, 1.165) is 23.6 Å². The van der Waals surface area contributed by atoms with Crippen molar-refractivity contribution in [3.63, 3.8) is 0 Å². The number of benzene rings is 2. The molecule has 3 aromatic rings. The number of hydrazine groups is 1. The molecule has 0 spiro atoms. The number of halogens is 2. The van der Waals surface area contributed by atoms with Crippen molar-refractivity contribution in [3.05, 3.63) is 71.9 Å². The lowest BCUT2D eigenvalue weighted by atomic mass is 9.81. The van der Waals surface area contributed by atoms with Gasteiger partial charge in [-0.1, -0.05) is 78.8 Å². The summed E-state index contributed by atoms with van der Waals surface area (Å²) in [5, 5.41) is 28.5. The summed E-state index contributed by atoms with van der Waals surface area (Å²) in [4.78, 5) is 113. The molecule has 1 fully saturated rings. The molecule has 1 aromatic heterocycles. The van der Waals surface area contributed by atoms with Gasteiger partial charge in [-0.3, -0.25) is 43.8 Å². The molecule has 0 bridgehead atoms. The molecule has 6 N–H and O–H groups in total. The summed E-state index contributed by atoms with van der Waals surface area (Å²) in [6.07, 6.45) is 0.638. The molecule has 1 saturated heterocycles. The van der Waals surface area contributed by atoms with E-state index in [1.165, 1.54) is 17.9 Å². The lowest BCUT2D eigenvalue weighted by molar-refractivity contribution is -0.154. The van der Waals surface area contributed by atoms with Crippen molar-refractivity contribution in [2.75, 3.05) is 19.7 Å². The Labute approximate surface area is 374 Å². The number of rotatable bonds is 18. The molecule has 6 amide bonds. The molecule has 20 heteroatoms. The van der Waals surface area contributed by atoms with Gasteiger partial charge < -0.3 is 35.8 Å². The number of aromatic nitrogens is 1. The Morgan fingerprint density at radius 2 is 1.42 bits per heavy atom. The monoisotopic (exact) mass is 909 g/mol. The van der Waals surface area contributed by atoms with Crippen molar-refractivity contribution in [2.24, 2.45) is 29.1 Å². The van der Waals surface area contributed by atoms with Crippen LogP contribution in [0.25, 0.3) is 10.9 Å². The van der Waals surface area contributed by atoms with Gasteiger partial charge in [0.1, 0.15) is 36.4 Å². The fraction of sp³-hybridized carbons (Fsp3) is 0.489. The normalized spacial score (nSPS) is 16.8. The fourth-order valence-corrected chi connectivity index (χ4v) is 7.50. The number of carbonyl (C=O) groups excluding carboxylic acids is 6. The topological polar surface area (TPSA) is 254 Å². The van der Waals surface area contributed by atoms with E-state index in [1.807, 2.05) is 32.9 Å². The van der Waals surface area contributed by atoms with Crippen LogP contribution in [0.5, 0.6) is 5.75 Å². The van der Waals surface area contributed by atoms with E-state index in [0.29, 0.717) is 16.9 Å². The van der Waals surface area contributed by atoms with E-state index < -0.39 is 131 Å². The second-order valence-corrected chi connectivity index (χ2v) is 17.9. The quantitative estimate of drug-likeness (QED) is 0.101. The average Bonchev–Trinajstić information content (AvgIpc) is 3.64. The maximum absolute atomic E-state index is 14.6. The van der Waals surface area contributed by atoms with Gasteiger partial charge >= 0.3 is 11.9 Å². The predicted octanol–water partition coefficient (Wildman–Crippen LogP) is 3.29. The van der Waals surface area contributed by atoms with Crippen LogP contribution in [-0.4, -0.2) is 116 Å². The van der Waals surface area contributed by atoms with Crippen molar-refractivity contribution in [1.82, 2.24) is 36.3 Å². The number of hydrogen-bond acceptors (Lipinski definition) is 10. The van der Waals surface area contributed by atoms with Crippen LogP contribution in [0.1, 0.15) is 78.7 Å². The summed E-state index contributed by atoms with van der Waals surface area (Å²) < 4.78 is 33.4. The van der Waals surface area contributed by atoms with Crippen LogP contribution in [0.15, 0.2) is 54.6 Å². The van der Waals surface area contributed by atoms with Crippen LogP contribution in [0, 0.1) is 40.7 Å². The molecule has 2 aromatic carbocycles. The summed E-state index contributed by atoms with van der Waals surface area (Å²) in [7, 11) is 0. The highest BCUT2D eigenvalue weighted by Crippen LogP contribution is 2.36. The van der Waals surface area contributed by atoms with Gasteiger partial charge in [0.05, 0.1) is 11.4 Å². The molecule has 4 rings (SSSR count). The maximum atomic E-state index is 14.6. The van der Waals surface area contributed by atoms with Gasteiger partial charge in [-0.25, -0.2) is 18.8 Å². The molecule has 18 nitrogen and oxygen atoms in total. The molecule has 0 saturated carbocycles. The number of carboxylic acid groups (broad SMARTS) is 2. The number of likely N-dealkylation sites (tertiary alicyclic amines) is 1. The molecule has 2 heterocycles. The van der Waals surface area contributed by atoms with Crippen molar-refractivity contribution in [2.45, 2.75) is 92.4 Å². The number of aliphatic carboxylic acids is 2. The number of amides is 6. The van der Waals surface area contributed by atoms with Gasteiger partial charge in [0, 0.05) is 11.9 Å². The molecule has 0 radical (unpaired) electrons. The molecule has 65 heavy (non-hydrogen) atoms. The van der Waals surface area contributed by atoms with Crippen LogP contribution < -0.4 is 26.1 Å². The van der Waals surface area contributed by atoms with E-state index >= 15 is 0 Å². The SMILES string of the molecule is CC(C)[C@H](NC(=O)c1ccc2ccccc2n1)C(=O)N[C@H](C(=O)N[C@H](C(=O)N1CC[C@H](CC(C)(C)C)C1C(=O)NN(CC(=O)O)C(=O)COc1c(F)cccc1F)C(C)C)[C@@H](C)C(=O)O. The van der Waals surface area contributed by atoms with Crippen molar-refractivity contribution in [3.8, 4) is 5.75 Å². The highest BCUT2D eigenvalue weighted by Gasteiger charge is 2.47. The maximum Gasteiger partial charge on any atom is 0.325 e. The van der Waals surface area contributed by atoms with Gasteiger partial charge in [-0.05, 0) is 67.2 Å². The third-order valence-corrected chi connectivity index (χ3v) is 10.8. The number of ether oxygens (including phenoxy) is 1. The van der Waals surface area contributed by atoms with Gasteiger partial charge in [0.2, 0.25) is 17.7 Å². The minimum absolute atomic E-state index is 0.0129. The Morgan fingerprint density at radius 1 is 0.815 bits per heavy atom. The summed E-state index contributed by atoms with van der Waals surface area (Å²) in [5.41, 5.74) is 2.40. The van der Waals surface area contributed by atoms with Crippen LogP contribution in [0.2, 0.25) is 0 Å². The number of nitrogens with one attached hydrogen (secondary N) is 4. The highest BCUT2D eigenvalue weighted by atomic mass is 19.1. The standard InChI is InChI=1S/C45H57F2N7O11/c1-23(2)34(49-39(58)31-17-16-26-12-9-10-15-30(26)48-31)40(59)51-36(25(5)44(63)64)41(60)50-35(24(3)4)43(62)53-19-18-27(20-45(6,7)8)37(53)42(61)52-54(21-33(56)57)32(55)22-65-38-28(46)13-11-14-29(38)47/h9-17,23-25,27,34-37H,18-22H2,1-8H3,(H,49,58)(H,50,60)(H,51,59)(H,52,61)(H,56,57)(H,63,64)/t25-,27-,34+,35+,36+,37?/m1/s1. The largest absolute Gasteiger partial charge is 0.481 e. The Bertz CT molecular complexity index is 2270. The molecular formula is C45H57F2N7O11. The number of carboxylic acids is 2. The Morgan fingerprint density at radius 3 is 2.00 bits per heavy atom.